The maximum atomic E-state index is 12.5. The molecule has 0 aliphatic heterocycles. The number of rotatable bonds is 4. The van der Waals surface area contributed by atoms with Crippen LogP contribution in [0.3, 0.4) is 0 Å². The second-order valence-corrected chi connectivity index (χ2v) is 5.90. The van der Waals surface area contributed by atoms with Gasteiger partial charge in [0.2, 0.25) is 5.91 Å². The zero-order valence-electron chi connectivity index (χ0n) is 14.0. The van der Waals surface area contributed by atoms with Gasteiger partial charge in [0, 0.05) is 6.20 Å². The van der Waals surface area contributed by atoms with Crippen molar-refractivity contribution in [2.75, 3.05) is 12.4 Å². The number of amides is 1. The van der Waals surface area contributed by atoms with Crippen LogP contribution < -0.4 is 10.1 Å². The van der Waals surface area contributed by atoms with Gasteiger partial charge in [-0.05, 0) is 53.9 Å². The number of aromatic nitrogens is 1. The number of ether oxygens (including phenoxy) is 1. The quantitative estimate of drug-likeness (QED) is 0.780. The first-order valence-corrected chi connectivity index (χ1v) is 7.88. The molecule has 3 rings (SSSR count). The second-order valence-electron chi connectivity index (χ2n) is 5.90. The molecular formula is C20H20N2O2. The largest absolute Gasteiger partial charge is 0.497 e. The highest BCUT2D eigenvalue weighted by atomic mass is 16.5. The van der Waals surface area contributed by atoms with Crippen molar-refractivity contribution in [2.24, 2.45) is 0 Å². The summed E-state index contributed by atoms with van der Waals surface area (Å²) < 4.78 is 5.24. The molecule has 2 aromatic carbocycles. The molecule has 0 saturated heterocycles. The van der Waals surface area contributed by atoms with E-state index in [2.05, 4.69) is 10.3 Å². The Kier molecular flexibility index (Phi) is 4.47. The minimum Gasteiger partial charge on any atom is -0.497 e. The van der Waals surface area contributed by atoms with Gasteiger partial charge in [-0.3, -0.25) is 4.79 Å². The number of nitrogens with zero attached hydrogens (tertiary/aromatic N) is 1. The highest BCUT2D eigenvalue weighted by Gasteiger charge is 2.16. The van der Waals surface area contributed by atoms with Crippen LogP contribution in [0.5, 0.6) is 5.75 Å². The molecule has 0 spiro atoms. The molecular weight excluding hydrogens is 300 g/mol. The van der Waals surface area contributed by atoms with E-state index in [0.29, 0.717) is 5.82 Å². The van der Waals surface area contributed by atoms with Crippen molar-refractivity contribution in [1.29, 1.82) is 0 Å². The number of methoxy groups -OCH3 is 1. The predicted molar refractivity (Wildman–Crippen MR) is 96.5 cm³/mol. The molecule has 1 amide bonds. The molecule has 0 saturated carbocycles. The SMILES string of the molecule is COc1ccc2cc([C@@H](C)C(=O)Nc3ccc(C)cn3)ccc2c1. The lowest BCUT2D eigenvalue weighted by molar-refractivity contribution is -0.117. The Bertz CT molecular complexity index is 872. The number of carbonyl (C=O) groups is 1. The number of hydrogen-bond donors (Lipinski definition) is 1. The van der Waals surface area contributed by atoms with Crippen molar-refractivity contribution in [3.63, 3.8) is 0 Å². The Morgan fingerprint density at radius 2 is 1.83 bits per heavy atom. The molecule has 0 unspecified atom stereocenters. The van der Waals surface area contributed by atoms with Crippen LogP contribution in [0.1, 0.15) is 24.0 Å². The zero-order chi connectivity index (χ0) is 17.1. The van der Waals surface area contributed by atoms with Crippen LogP contribution in [-0.4, -0.2) is 18.0 Å². The maximum Gasteiger partial charge on any atom is 0.232 e. The number of carbonyl (C=O) groups excluding carboxylic acids is 1. The molecule has 122 valence electrons. The maximum absolute atomic E-state index is 12.5. The smallest absolute Gasteiger partial charge is 0.232 e. The summed E-state index contributed by atoms with van der Waals surface area (Å²) in [6.45, 7) is 3.86. The Morgan fingerprint density at radius 1 is 1.08 bits per heavy atom. The molecule has 3 aromatic rings. The molecule has 0 aliphatic rings. The standard InChI is InChI=1S/C20H20N2O2/c1-13-4-9-19(21-12-13)22-20(23)14(2)15-5-6-17-11-18(24-3)8-7-16(17)10-15/h4-12,14H,1-3H3,(H,21,22,23)/t14-/m1/s1. The summed E-state index contributed by atoms with van der Waals surface area (Å²) in [6.07, 6.45) is 1.74. The fourth-order valence-corrected chi connectivity index (χ4v) is 2.57. The summed E-state index contributed by atoms with van der Waals surface area (Å²) in [6, 6.07) is 15.7. The molecule has 1 aromatic heterocycles. The van der Waals surface area contributed by atoms with Crippen LogP contribution in [0.4, 0.5) is 5.82 Å². The van der Waals surface area contributed by atoms with Gasteiger partial charge < -0.3 is 10.1 Å². The van der Waals surface area contributed by atoms with Gasteiger partial charge in [-0.25, -0.2) is 4.98 Å². The zero-order valence-corrected chi connectivity index (χ0v) is 14.0. The van der Waals surface area contributed by atoms with Crippen molar-refractivity contribution in [1.82, 2.24) is 4.98 Å². The Balaban J connectivity index is 1.80. The average molecular weight is 320 g/mol. The lowest BCUT2D eigenvalue weighted by Gasteiger charge is -2.13. The van der Waals surface area contributed by atoms with E-state index in [1.165, 1.54) is 0 Å². The summed E-state index contributed by atoms with van der Waals surface area (Å²) in [4.78, 5) is 16.7. The van der Waals surface area contributed by atoms with Crippen molar-refractivity contribution >= 4 is 22.5 Å². The molecule has 1 atom stereocenters. The minimum absolute atomic E-state index is 0.0702. The summed E-state index contributed by atoms with van der Waals surface area (Å²) in [7, 11) is 1.65. The first kappa shape index (κ1) is 16.0. The monoisotopic (exact) mass is 320 g/mol. The van der Waals surface area contributed by atoms with Gasteiger partial charge >= 0.3 is 0 Å². The third-order valence-corrected chi connectivity index (χ3v) is 4.13. The normalized spacial score (nSPS) is 12.0. The average Bonchev–Trinajstić information content (AvgIpc) is 2.62. The van der Waals surface area contributed by atoms with Crippen molar-refractivity contribution in [2.45, 2.75) is 19.8 Å². The van der Waals surface area contributed by atoms with E-state index in [1.54, 1.807) is 13.3 Å². The van der Waals surface area contributed by atoms with Gasteiger partial charge in [0.1, 0.15) is 11.6 Å². The lowest BCUT2D eigenvalue weighted by atomic mass is 9.97. The number of hydrogen-bond acceptors (Lipinski definition) is 3. The minimum atomic E-state index is -0.264. The van der Waals surface area contributed by atoms with Crippen LogP contribution in [0.2, 0.25) is 0 Å². The highest BCUT2D eigenvalue weighted by molar-refractivity contribution is 5.96. The summed E-state index contributed by atoms with van der Waals surface area (Å²) >= 11 is 0. The third kappa shape index (κ3) is 3.38. The molecule has 4 nitrogen and oxygen atoms in total. The van der Waals surface area contributed by atoms with E-state index >= 15 is 0 Å². The van der Waals surface area contributed by atoms with Crippen molar-refractivity contribution in [3.05, 3.63) is 65.9 Å². The third-order valence-electron chi connectivity index (χ3n) is 4.13. The van der Waals surface area contributed by atoms with Gasteiger partial charge in [0.15, 0.2) is 0 Å². The number of anilines is 1. The van der Waals surface area contributed by atoms with E-state index in [1.807, 2.05) is 62.4 Å². The van der Waals surface area contributed by atoms with E-state index in [0.717, 1.165) is 27.6 Å². The molecule has 0 fully saturated rings. The van der Waals surface area contributed by atoms with Crippen LogP contribution in [0.25, 0.3) is 10.8 Å². The van der Waals surface area contributed by atoms with E-state index < -0.39 is 0 Å². The topological polar surface area (TPSA) is 51.2 Å². The van der Waals surface area contributed by atoms with Crippen LogP contribution in [0.15, 0.2) is 54.7 Å². The number of fused-ring (bicyclic) bond motifs is 1. The first-order valence-electron chi connectivity index (χ1n) is 7.88. The van der Waals surface area contributed by atoms with E-state index in [9.17, 15) is 4.79 Å². The number of aryl methyl sites for hydroxylation is 1. The Labute approximate surface area is 141 Å². The Hall–Kier alpha value is -2.88. The van der Waals surface area contributed by atoms with Gasteiger partial charge in [-0.15, -0.1) is 0 Å². The molecule has 0 bridgehead atoms. The van der Waals surface area contributed by atoms with Gasteiger partial charge in [0.05, 0.1) is 13.0 Å². The number of pyridine rings is 1. The van der Waals surface area contributed by atoms with E-state index in [4.69, 9.17) is 4.74 Å². The molecule has 24 heavy (non-hydrogen) atoms. The van der Waals surface area contributed by atoms with Gasteiger partial charge in [-0.2, -0.15) is 0 Å². The van der Waals surface area contributed by atoms with Gasteiger partial charge in [-0.1, -0.05) is 30.3 Å². The Morgan fingerprint density at radius 3 is 2.54 bits per heavy atom. The number of benzene rings is 2. The molecule has 0 radical (unpaired) electrons. The van der Waals surface area contributed by atoms with Crippen LogP contribution >= 0.6 is 0 Å². The molecule has 1 heterocycles. The molecule has 4 heteroatoms. The number of nitrogens with one attached hydrogen (secondary N) is 1. The molecule has 1 N–H and O–H groups in total. The lowest BCUT2D eigenvalue weighted by Crippen LogP contribution is -2.19. The molecule has 0 aliphatic carbocycles. The van der Waals surface area contributed by atoms with Crippen LogP contribution in [0, 0.1) is 6.92 Å². The summed E-state index contributed by atoms with van der Waals surface area (Å²) in [5.74, 6) is 1.06. The summed E-state index contributed by atoms with van der Waals surface area (Å²) in [5.41, 5.74) is 2.03. The van der Waals surface area contributed by atoms with E-state index in [-0.39, 0.29) is 11.8 Å². The fraction of sp³-hybridized carbons (Fsp3) is 0.200. The van der Waals surface area contributed by atoms with Crippen LogP contribution in [-0.2, 0) is 4.79 Å². The van der Waals surface area contributed by atoms with Crippen molar-refractivity contribution in [3.8, 4) is 5.75 Å². The predicted octanol–water partition coefficient (Wildman–Crippen LogP) is 4.29. The fourth-order valence-electron chi connectivity index (χ4n) is 2.57. The van der Waals surface area contributed by atoms with Crippen molar-refractivity contribution < 1.29 is 9.53 Å². The first-order chi connectivity index (χ1) is 11.6. The second kappa shape index (κ2) is 6.71. The highest BCUT2D eigenvalue weighted by Crippen LogP contribution is 2.25. The van der Waals surface area contributed by atoms with Gasteiger partial charge in [0.25, 0.3) is 0 Å². The summed E-state index contributed by atoms with van der Waals surface area (Å²) in [5, 5.41) is 5.04.